The smallest absolute Gasteiger partial charge is 0.270 e. The van der Waals surface area contributed by atoms with Crippen LogP contribution in [0.1, 0.15) is 22.8 Å². The highest BCUT2D eigenvalue weighted by atomic mass is 35.5. The molecule has 7 heteroatoms. The summed E-state index contributed by atoms with van der Waals surface area (Å²) in [6.07, 6.45) is 0. The highest BCUT2D eigenvalue weighted by Gasteiger charge is 2.15. The zero-order valence-electron chi connectivity index (χ0n) is 10.2. The molecule has 1 atom stereocenters. The first kappa shape index (κ1) is 16.3. The fourth-order valence-electron chi connectivity index (χ4n) is 1.33. The maximum atomic E-state index is 11.8. The number of rotatable bonds is 4. The van der Waals surface area contributed by atoms with Gasteiger partial charge in [-0.05, 0) is 19.4 Å². The Morgan fingerprint density at radius 1 is 1.56 bits per heavy atom. The number of hydrogen-bond donors (Lipinski definition) is 2. The van der Waals surface area contributed by atoms with Crippen molar-refractivity contribution in [2.24, 2.45) is 5.73 Å². The molecule has 1 aromatic carbocycles. The number of amides is 1. The van der Waals surface area contributed by atoms with E-state index in [0.29, 0.717) is 17.7 Å². The minimum Gasteiger partial charge on any atom is -0.348 e. The normalized spacial score (nSPS) is 11.3. The van der Waals surface area contributed by atoms with E-state index >= 15 is 0 Å². The molecule has 0 radical (unpaired) electrons. The highest BCUT2D eigenvalue weighted by Crippen LogP contribution is 2.17. The molecule has 0 heterocycles. The molecule has 3 N–H and O–H groups in total. The van der Waals surface area contributed by atoms with Crippen molar-refractivity contribution in [3.05, 3.63) is 39.4 Å². The fraction of sp³-hybridized carbons (Fsp3) is 0.364. The van der Waals surface area contributed by atoms with Crippen molar-refractivity contribution in [2.75, 3.05) is 6.54 Å². The molecule has 18 heavy (non-hydrogen) atoms. The fourth-order valence-corrected chi connectivity index (χ4v) is 1.33. The lowest BCUT2D eigenvalue weighted by Crippen LogP contribution is -2.38. The van der Waals surface area contributed by atoms with Crippen LogP contribution >= 0.6 is 12.4 Å². The van der Waals surface area contributed by atoms with Crippen LogP contribution < -0.4 is 11.1 Å². The Balaban J connectivity index is 0.00000289. The Morgan fingerprint density at radius 3 is 2.67 bits per heavy atom. The molecule has 0 aliphatic carbocycles. The Hall–Kier alpha value is -1.66. The first-order valence-corrected chi connectivity index (χ1v) is 5.21. The maximum Gasteiger partial charge on any atom is 0.270 e. The molecule has 0 aromatic heterocycles. The van der Waals surface area contributed by atoms with Gasteiger partial charge in [0.25, 0.3) is 11.6 Å². The number of non-ortho nitro benzene ring substituents is 1. The van der Waals surface area contributed by atoms with Crippen LogP contribution in [0.4, 0.5) is 5.69 Å². The van der Waals surface area contributed by atoms with E-state index < -0.39 is 4.92 Å². The molecule has 0 saturated heterocycles. The number of hydrogen-bond acceptors (Lipinski definition) is 4. The first-order chi connectivity index (χ1) is 7.95. The highest BCUT2D eigenvalue weighted by molar-refractivity contribution is 5.96. The van der Waals surface area contributed by atoms with Crippen LogP contribution in [-0.2, 0) is 0 Å². The van der Waals surface area contributed by atoms with E-state index in [2.05, 4.69) is 5.32 Å². The van der Waals surface area contributed by atoms with Gasteiger partial charge in [0.05, 0.1) is 4.92 Å². The number of nitrogens with zero attached hydrogens (tertiary/aromatic N) is 1. The zero-order chi connectivity index (χ0) is 13.0. The second-order valence-electron chi connectivity index (χ2n) is 3.87. The van der Waals surface area contributed by atoms with Crippen molar-refractivity contribution in [3.63, 3.8) is 0 Å². The number of halogens is 1. The summed E-state index contributed by atoms with van der Waals surface area (Å²) in [7, 11) is 0. The van der Waals surface area contributed by atoms with Gasteiger partial charge in [0.1, 0.15) is 0 Å². The number of benzene rings is 1. The third-order valence-electron chi connectivity index (χ3n) is 2.41. The van der Waals surface area contributed by atoms with Crippen LogP contribution in [0.15, 0.2) is 18.2 Å². The van der Waals surface area contributed by atoms with Crippen molar-refractivity contribution in [1.29, 1.82) is 0 Å². The van der Waals surface area contributed by atoms with Crippen LogP contribution in [0.2, 0.25) is 0 Å². The van der Waals surface area contributed by atoms with Crippen LogP contribution in [0.3, 0.4) is 0 Å². The molecule has 0 unspecified atom stereocenters. The van der Waals surface area contributed by atoms with Crippen LogP contribution in [0.25, 0.3) is 0 Å². The lowest BCUT2D eigenvalue weighted by molar-refractivity contribution is -0.384. The quantitative estimate of drug-likeness (QED) is 0.640. The molecule has 0 spiro atoms. The molecular formula is C11H16ClN3O3. The van der Waals surface area contributed by atoms with Crippen molar-refractivity contribution < 1.29 is 9.72 Å². The average molecular weight is 274 g/mol. The second kappa shape index (κ2) is 6.93. The summed E-state index contributed by atoms with van der Waals surface area (Å²) in [5.74, 6) is -0.343. The van der Waals surface area contributed by atoms with Crippen molar-refractivity contribution in [2.45, 2.75) is 19.9 Å². The molecule has 0 aliphatic rings. The number of aryl methyl sites for hydroxylation is 1. The monoisotopic (exact) mass is 273 g/mol. The van der Waals surface area contributed by atoms with E-state index in [0.717, 1.165) is 0 Å². The van der Waals surface area contributed by atoms with E-state index in [1.165, 1.54) is 12.1 Å². The molecule has 6 nitrogen and oxygen atoms in total. The van der Waals surface area contributed by atoms with Crippen LogP contribution in [-0.4, -0.2) is 23.4 Å². The molecule has 0 bridgehead atoms. The van der Waals surface area contributed by atoms with E-state index in [-0.39, 0.29) is 30.0 Å². The lowest BCUT2D eigenvalue weighted by atomic mass is 10.1. The van der Waals surface area contributed by atoms with Crippen molar-refractivity contribution in [1.82, 2.24) is 5.32 Å². The third kappa shape index (κ3) is 3.97. The average Bonchev–Trinajstić information content (AvgIpc) is 2.28. The molecule has 0 fully saturated rings. The van der Waals surface area contributed by atoms with Crippen LogP contribution in [0.5, 0.6) is 0 Å². The van der Waals surface area contributed by atoms with Gasteiger partial charge in [0.15, 0.2) is 0 Å². The molecular weight excluding hydrogens is 258 g/mol. The van der Waals surface area contributed by atoms with Crippen molar-refractivity contribution in [3.8, 4) is 0 Å². The Labute approximate surface area is 111 Å². The summed E-state index contributed by atoms with van der Waals surface area (Å²) in [5, 5.41) is 13.3. The Bertz CT molecular complexity index is 451. The van der Waals surface area contributed by atoms with Gasteiger partial charge >= 0.3 is 0 Å². The van der Waals surface area contributed by atoms with Gasteiger partial charge in [-0.3, -0.25) is 14.9 Å². The predicted molar refractivity (Wildman–Crippen MR) is 71.1 cm³/mol. The molecule has 0 aliphatic heterocycles. The summed E-state index contributed by atoms with van der Waals surface area (Å²) in [4.78, 5) is 21.9. The van der Waals surface area contributed by atoms with Gasteiger partial charge in [-0.15, -0.1) is 12.4 Å². The summed E-state index contributed by atoms with van der Waals surface area (Å²) in [6, 6.07) is 4.04. The Kier molecular flexibility index (Phi) is 6.29. The number of nitrogens with one attached hydrogen (secondary N) is 1. The standard InChI is InChI=1S/C11H15N3O3.ClH/c1-7-3-4-9(14(16)17)5-10(7)11(15)13-8(2)6-12;/h3-5,8H,6,12H2,1-2H3,(H,13,15);1H/t8-;/m0./s1. The summed E-state index contributed by atoms with van der Waals surface area (Å²) in [5.41, 5.74) is 6.29. The molecule has 1 rings (SSSR count). The predicted octanol–water partition coefficient (Wildman–Crippen LogP) is 1.40. The maximum absolute atomic E-state index is 11.8. The number of nitro groups is 1. The number of carbonyl (C=O) groups excluding carboxylic acids is 1. The summed E-state index contributed by atoms with van der Waals surface area (Å²) < 4.78 is 0. The van der Waals surface area contributed by atoms with Gasteiger partial charge in [-0.1, -0.05) is 6.07 Å². The van der Waals surface area contributed by atoms with E-state index in [9.17, 15) is 14.9 Å². The molecule has 100 valence electrons. The topological polar surface area (TPSA) is 98.3 Å². The SMILES string of the molecule is Cc1ccc([N+](=O)[O-])cc1C(=O)N[C@@H](C)CN.Cl. The number of nitrogens with two attached hydrogens (primary N) is 1. The number of carbonyl (C=O) groups is 1. The second-order valence-corrected chi connectivity index (χ2v) is 3.87. The lowest BCUT2D eigenvalue weighted by Gasteiger charge is -2.12. The molecule has 1 aromatic rings. The minimum atomic E-state index is -0.525. The van der Waals surface area contributed by atoms with Crippen LogP contribution in [0, 0.1) is 17.0 Å². The third-order valence-corrected chi connectivity index (χ3v) is 2.41. The van der Waals surface area contributed by atoms with E-state index in [4.69, 9.17) is 5.73 Å². The largest absolute Gasteiger partial charge is 0.348 e. The van der Waals surface area contributed by atoms with Gasteiger partial charge in [0.2, 0.25) is 0 Å². The van der Waals surface area contributed by atoms with E-state index in [1.807, 2.05) is 0 Å². The van der Waals surface area contributed by atoms with E-state index in [1.54, 1.807) is 19.9 Å². The van der Waals surface area contributed by atoms with Gasteiger partial charge in [-0.2, -0.15) is 0 Å². The van der Waals surface area contributed by atoms with Crippen molar-refractivity contribution >= 4 is 24.0 Å². The minimum absolute atomic E-state index is 0. The summed E-state index contributed by atoms with van der Waals surface area (Å²) >= 11 is 0. The summed E-state index contributed by atoms with van der Waals surface area (Å²) in [6.45, 7) is 3.82. The van der Waals surface area contributed by atoms with Gasteiger partial charge < -0.3 is 11.1 Å². The number of nitro benzene ring substituents is 1. The van der Waals surface area contributed by atoms with Gasteiger partial charge in [0, 0.05) is 30.3 Å². The molecule has 1 amide bonds. The zero-order valence-corrected chi connectivity index (χ0v) is 11.0. The molecule has 0 saturated carbocycles. The van der Waals surface area contributed by atoms with Gasteiger partial charge in [-0.25, -0.2) is 0 Å². The first-order valence-electron chi connectivity index (χ1n) is 5.21. The Morgan fingerprint density at radius 2 is 2.17 bits per heavy atom.